The fourth-order valence-electron chi connectivity index (χ4n) is 2.30. The third-order valence-electron chi connectivity index (χ3n) is 3.86. The molecule has 29 heavy (non-hydrogen) atoms. The molecule has 10 nitrogen and oxygen atoms in total. The van der Waals surface area contributed by atoms with Crippen LogP contribution in [0.3, 0.4) is 0 Å². The average Bonchev–Trinajstić information content (AvgIpc) is 2.70. The van der Waals surface area contributed by atoms with Gasteiger partial charge in [0.1, 0.15) is 23.3 Å². The van der Waals surface area contributed by atoms with Crippen molar-refractivity contribution < 1.29 is 14.3 Å². The fraction of sp³-hybridized carbons (Fsp3) is 0.158. The lowest BCUT2D eigenvalue weighted by Gasteiger charge is -2.13. The quantitative estimate of drug-likeness (QED) is 0.543. The molecule has 3 aromatic rings. The molecule has 0 fully saturated rings. The average molecular weight is 393 g/mol. The Kier molecular flexibility index (Phi) is 5.63. The minimum absolute atomic E-state index is 0.00410. The van der Waals surface area contributed by atoms with Crippen LogP contribution in [0.25, 0.3) is 11.4 Å². The predicted molar refractivity (Wildman–Crippen MR) is 105 cm³/mol. The molecule has 2 heterocycles. The van der Waals surface area contributed by atoms with E-state index < -0.39 is 17.9 Å². The molecule has 148 valence electrons. The maximum absolute atomic E-state index is 11.6. The lowest BCUT2D eigenvalue weighted by Crippen LogP contribution is -2.33. The Bertz CT molecular complexity index is 1040. The van der Waals surface area contributed by atoms with Crippen LogP contribution in [0.2, 0.25) is 0 Å². The van der Waals surface area contributed by atoms with Gasteiger partial charge in [0.15, 0.2) is 5.82 Å². The lowest BCUT2D eigenvalue weighted by molar-refractivity contribution is -0.118. The van der Waals surface area contributed by atoms with E-state index in [0.29, 0.717) is 17.2 Å². The number of hydrogen-bond acceptors (Lipinski definition) is 8. The highest BCUT2D eigenvalue weighted by molar-refractivity contribution is 5.92. The summed E-state index contributed by atoms with van der Waals surface area (Å²) in [5, 5.41) is 2.82. The first kappa shape index (κ1) is 19.7. The van der Waals surface area contributed by atoms with Gasteiger partial charge < -0.3 is 21.5 Å². The van der Waals surface area contributed by atoms with Crippen LogP contribution in [-0.2, 0) is 4.79 Å². The third-order valence-corrected chi connectivity index (χ3v) is 3.86. The number of ether oxygens (including phenoxy) is 1. The van der Waals surface area contributed by atoms with Crippen LogP contribution in [0.15, 0.2) is 42.7 Å². The third kappa shape index (κ3) is 5.01. The maximum Gasteiger partial charge on any atom is 0.267 e. The smallest absolute Gasteiger partial charge is 0.267 e. The van der Waals surface area contributed by atoms with Crippen LogP contribution >= 0.6 is 0 Å². The summed E-state index contributed by atoms with van der Waals surface area (Å²) in [5.74, 6) is 0.126. The van der Waals surface area contributed by atoms with Crippen molar-refractivity contribution >= 4 is 17.6 Å². The van der Waals surface area contributed by atoms with Gasteiger partial charge in [0.2, 0.25) is 11.8 Å². The summed E-state index contributed by atoms with van der Waals surface area (Å²) in [4.78, 5) is 39.7. The monoisotopic (exact) mass is 393 g/mol. The highest BCUT2D eigenvalue weighted by Crippen LogP contribution is 2.24. The molecule has 2 aromatic heterocycles. The number of carbonyl (C=O) groups excluding carboxylic acids is 2. The van der Waals surface area contributed by atoms with E-state index in [1.165, 1.54) is 12.3 Å². The Morgan fingerprint density at radius 3 is 2.38 bits per heavy atom. The first-order valence-corrected chi connectivity index (χ1v) is 8.63. The second kappa shape index (κ2) is 8.30. The molecule has 0 radical (unpaired) electrons. The Hall–Kier alpha value is -4.08. The van der Waals surface area contributed by atoms with Crippen molar-refractivity contribution in [1.29, 1.82) is 0 Å². The van der Waals surface area contributed by atoms with Crippen molar-refractivity contribution in [2.75, 3.05) is 5.32 Å². The second-order valence-electron chi connectivity index (χ2n) is 6.22. The highest BCUT2D eigenvalue weighted by Gasteiger charge is 2.14. The van der Waals surface area contributed by atoms with Gasteiger partial charge in [-0.25, -0.2) is 15.0 Å². The van der Waals surface area contributed by atoms with E-state index in [-0.39, 0.29) is 17.3 Å². The number of primary amides is 2. The Morgan fingerprint density at radius 1 is 1.07 bits per heavy atom. The zero-order valence-corrected chi connectivity index (χ0v) is 15.8. The number of carbonyl (C=O) groups is 2. The van der Waals surface area contributed by atoms with Gasteiger partial charge in [-0.15, -0.1) is 0 Å². The summed E-state index contributed by atoms with van der Waals surface area (Å²) < 4.78 is 5.64. The Balaban J connectivity index is 1.86. The molecule has 0 saturated carbocycles. The molecular formula is C19H19N7O3. The molecule has 0 aliphatic heterocycles. The van der Waals surface area contributed by atoms with Crippen molar-refractivity contribution in [3.63, 3.8) is 0 Å². The van der Waals surface area contributed by atoms with E-state index in [1.807, 2.05) is 6.92 Å². The van der Waals surface area contributed by atoms with Gasteiger partial charge in [0.05, 0.1) is 18.1 Å². The zero-order chi connectivity index (χ0) is 21.0. The summed E-state index contributed by atoms with van der Waals surface area (Å²) in [6.45, 7) is 3.41. The van der Waals surface area contributed by atoms with Gasteiger partial charge in [-0.1, -0.05) is 0 Å². The number of hydrogen-bond donors (Lipinski definition) is 3. The minimum atomic E-state index is -0.721. The first-order chi connectivity index (χ1) is 13.8. The normalized spacial score (nSPS) is 11.5. The van der Waals surface area contributed by atoms with Gasteiger partial charge in [-0.3, -0.25) is 14.6 Å². The standard InChI is InChI=1S/C19H19N7O3/c1-10-8-23-16(9-22-10)29-13-5-3-12(4-6-13)19-25-14(18(21)28)7-15(26-19)24-11(2)17(20)27/h3-9,11H,1-2H3,(H2,20,27)(H2,21,28)(H,24,25,26). The SMILES string of the molecule is Cc1cnc(Oc2ccc(-c3nc(NC(C)C(N)=O)cc(C(N)=O)n3)cc2)cn1. The van der Waals surface area contributed by atoms with Crippen LogP contribution in [-0.4, -0.2) is 37.8 Å². The molecule has 1 unspecified atom stereocenters. The molecule has 1 atom stereocenters. The van der Waals surface area contributed by atoms with Crippen molar-refractivity contribution in [2.45, 2.75) is 19.9 Å². The van der Waals surface area contributed by atoms with Crippen molar-refractivity contribution in [3.05, 3.63) is 54.1 Å². The van der Waals surface area contributed by atoms with E-state index in [4.69, 9.17) is 16.2 Å². The second-order valence-corrected chi connectivity index (χ2v) is 6.22. The van der Waals surface area contributed by atoms with E-state index >= 15 is 0 Å². The van der Waals surface area contributed by atoms with E-state index in [1.54, 1.807) is 37.4 Å². The van der Waals surface area contributed by atoms with Gasteiger partial charge in [0, 0.05) is 11.6 Å². The highest BCUT2D eigenvalue weighted by atomic mass is 16.5. The number of benzene rings is 1. The predicted octanol–water partition coefficient (Wildman–Crippen LogP) is 1.42. The van der Waals surface area contributed by atoms with Crippen LogP contribution < -0.4 is 21.5 Å². The van der Waals surface area contributed by atoms with E-state index in [0.717, 1.165) is 5.69 Å². The van der Waals surface area contributed by atoms with Crippen molar-refractivity contribution in [2.24, 2.45) is 11.5 Å². The van der Waals surface area contributed by atoms with Gasteiger partial charge in [-0.05, 0) is 38.1 Å². The van der Waals surface area contributed by atoms with E-state index in [2.05, 4.69) is 25.3 Å². The number of aryl methyl sites for hydroxylation is 1. The number of nitrogens with one attached hydrogen (secondary N) is 1. The minimum Gasteiger partial charge on any atom is -0.438 e. The Labute approximate surface area is 166 Å². The summed E-state index contributed by atoms with van der Waals surface area (Å²) in [6.07, 6.45) is 3.13. The van der Waals surface area contributed by atoms with Crippen molar-refractivity contribution in [3.8, 4) is 23.0 Å². The lowest BCUT2D eigenvalue weighted by atomic mass is 10.2. The Morgan fingerprint density at radius 2 is 1.79 bits per heavy atom. The molecule has 0 saturated heterocycles. The molecule has 0 bridgehead atoms. The van der Waals surface area contributed by atoms with Gasteiger partial charge in [0.25, 0.3) is 5.91 Å². The van der Waals surface area contributed by atoms with Gasteiger partial charge in [-0.2, -0.15) is 0 Å². The molecule has 0 spiro atoms. The molecule has 5 N–H and O–H groups in total. The molecule has 0 aliphatic rings. The zero-order valence-electron chi connectivity index (χ0n) is 15.8. The number of rotatable bonds is 7. The van der Waals surface area contributed by atoms with Crippen LogP contribution in [0.1, 0.15) is 23.1 Å². The summed E-state index contributed by atoms with van der Waals surface area (Å²) >= 11 is 0. The topological polar surface area (TPSA) is 159 Å². The molecule has 2 amide bonds. The van der Waals surface area contributed by atoms with Gasteiger partial charge >= 0.3 is 0 Å². The number of amides is 2. The molecule has 3 rings (SSSR count). The molecule has 0 aliphatic carbocycles. The largest absolute Gasteiger partial charge is 0.438 e. The number of nitrogens with two attached hydrogens (primary N) is 2. The van der Waals surface area contributed by atoms with Crippen LogP contribution in [0.4, 0.5) is 5.82 Å². The summed E-state index contributed by atoms with van der Waals surface area (Å²) in [5.41, 5.74) is 12.0. The summed E-state index contributed by atoms with van der Waals surface area (Å²) in [7, 11) is 0. The summed E-state index contributed by atoms with van der Waals surface area (Å²) in [6, 6.07) is 7.52. The molecule has 1 aromatic carbocycles. The van der Waals surface area contributed by atoms with Crippen LogP contribution in [0, 0.1) is 6.92 Å². The molecule has 10 heteroatoms. The maximum atomic E-state index is 11.6. The fourth-order valence-corrected chi connectivity index (χ4v) is 2.30. The first-order valence-electron chi connectivity index (χ1n) is 8.63. The van der Waals surface area contributed by atoms with Crippen LogP contribution in [0.5, 0.6) is 11.6 Å². The van der Waals surface area contributed by atoms with Crippen molar-refractivity contribution in [1.82, 2.24) is 19.9 Å². The number of nitrogens with zero attached hydrogens (tertiary/aromatic N) is 4. The number of anilines is 1. The van der Waals surface area contributed by atoms with E-state index in [9.17, 15) is 9.59 Å². The number of aromatic nitrogens is 4. The molecular weight excluding hydrogens is 374 g/mol.